The number of rotatable bonds is 6. The highest BCUT2D eigenvalue weighted by atomic mass is 32.1. The van der Waals surface area contributed by atoms with Gasteiger partial charge in [0.15, 0.2) is 5.82 Å². The quantitative estimate of drug-likeness (QED) is 0.868. The van der Waals surface area contributed by atoms with Crippen LogP contribution in [0.25, 0.3) is 0 Å². The maximum absolute atomic E-state index is 5.92. The summed E-state index contributed by atoms with van der Waals surface area (Å²) in [5.74, 6) is 1.09. The molecule has 0 spiro atoms. The van der Waals surface area contributed by atoms with Crippen LogP contribution in [0.3, 0.4) is 0 Å². The van der Waals surface area contributed by atoms with Gasteiger partial charge in [0.2, 0.25) is 5.89 Å². The first-order valence-electron chi connectivity index (χ1n) is 5.87. The molecule has 2 aromatic heterocycles. The van der Waals surface area contributed by atoms with Crippen molar-refractivity contribution in [2.75, 3.05) is 6.61 Å². The van der Waals surface area contributed by atoms with Gasteiger partial charge in [-0.1, -0.05) is 11.2 Å². The normalized spacial score (nSPS) is 13.1. The molecule has 0 aliphatic heterocycles. The van der Waals surface area contributed by atoms with Gasteiger partial charge in [-0.15, -0.1) is 11.3 Å². The van der Waals surface area contributed by atoms with E-state index in [1.807, 2.05) is 31.4 Å². The standard InChI is InChI=1S/C12H17N3O2S/c1-8(2)16-7-10(13)12-14-11(17-15-12)6-9-4-3-5-18-9/h3-5,8,10H,6-7,13H2,1-2H3. The van der Waals surface area contributed by atoms with E-state index in [0.29, 0.717) is 24.7 Å². The summed E-state index contributed by atoms with van der Waals surface area (Å²) in [7, 11) is 0. The molecule has 1 unspecified atom stereocenters. The molecule has 2 aromatic rings. The number of hydrogen-bond donors (Lipinski definition) is 1. The van der Waals surface area contributed by atoms with Crippen LogP contribution in [-0.2, 0) is 11.2 Å². The molecule has 0 amide bonds. The Kier molecular flexibility index (Phi) is 4.46. The topological polar surface area (TPSA) is 74.2 Å². The van der Waals surface area contributed by atoms with Gasteiger partial charge >= 0.3 is 0 Å². The van der Waals surface area contributed by atoms with Crippen molar-refractivity contribution in [3.8, 4) is 0 Å². The van der Waals surface area contributed by atoms with Gasteiger partial charge in [0.25, 0.3) is 0 Å². The lowest BCUT2D eigenvalue weighted by atomic mass is 10.3. The molecular formula is C12H17N3O2S. The van der Waals surface area contributed by atoms with E-state index in [4.69, 9.17) is 15.0 Å². The molecule has 0 aromatic carbocycles. The molecule has 98 valence electrons. The molecule has 1 atom stereocenters. The van der Waals surface area contributed by atoms with Crippen molar-refractivity contribution < 1.29 is 9.26 Å². The van der Waals surface area contributed by atoms with Crippen LogP contribution in [0.2, 0.25) is 0 Å². The SMILES string of the molecule is CC(C)OCC(N)c1noc(Cc2cccs2)n1. The zero-order valence-corrected chi connectivity index (χ0v) is 11.3. The van der Waals surface area contributed by atoms with Gasteiger partial charge in [0, 0.05) is 4.88 Å². The Morgan fingerprint density at radius 3 is 3.00 bits per heavy atom. The lowest BCUT2D eigenvalue weighted by Crippen LogP contribution is -2.20. The summed E-state index contributed by atoms with van der Waals surface area (Å²) in [4.78, 5) is 5.48. The molecule has 0 aliphatic carbocycles. The highest BCUT2D eigenvalue weighted by Crippen LogP contribution is 2.15. The van der Waals surface area contributed by atoms with Gasteiger partial charge in [-0.2, -0.15) is 4.98 Å². The van der Waals surface area contributed by atoms with Crippen LogP contribution in [-0.4, -0.2) is 22.9 Å². The molecule has 0 radical (unpaired) electrons. The van der Waals surface area contributed by atoms with Gasteiger partial charge in [0.1, 0.15) is 0 Å². The first kappa shape index (κ1) is 13.2. The zero-order chi connectivity index (χ0) is 13.0. The highest BCUT2D eigenvalue weighted by Gasteiger charge is 2.15. The van der Waals surface area contributed by atoms with Gasteiger partial charge in [-0.05, 0) is 25.3 Å². The molecule has 2 N–H and O–H groups in total. The van der Waals surface area contributed by atoms with Crippen molar-refractivity contribution in [1.82, 2.24) is 10.1 Å². The Bertz CT molecular complexity index is 467. The van der Waals surface area contributed by atoms with E-state index in [-0.39, 0.29) is 12.1 Å². The third-order valence-electron chi connectivity index (χ3n) is 2.33. The van der Waals surface area contributed by atoms with Crippen LogP contribution in [0.1, 0.15) is 36.5 Å². The van der Waals surface area contributed by atoms with Crippen molar-refractivity contribution in [3.63, 3.8) is 0 Å². The molecule has 2 heterocycles. The lowest BCUT2D eigenvalue weighted by molar-refractivity contribution is 0.0665. The second kappa shape index (κ2) is 6.08. The minimum Gasteiger partial charge on any atom is -0.377 e. The van der Waals surface area contributed by atoms with E-state index < -0.39 is 0 Å². The van der Waals surface area contributed by atoms with Crippen molar-refractivity contribution in [2.45, 2.75) is 32.4 Å². The van der Waals surface area contributed by atoms with Crippen LogP contribution < -0.4 is 5.73 Å². The monoisotopic (exact) mass is 267 g/mol. The van der Waals surface area contributed by atoms with E-state index in [2.05, 4.69) is 10.1 Å². The summed E-state index contributed by atoms with van der Waals surface area (Å²) in [5.41, 5.74) is 5.92. The molecular weight excluding hydrogens is 250 g/mol. The minimum atomic E-state index is -0.340. The molecule has 0 saturated heterocycles. The Hall–Kier alpha value is -1.24. The molecule has 0 saturated carbocycles. The van der Waals surface area contributed by atoms with Crippen LogP contribution in [0, 0.1) is 0 Å². The smallest absolute Gasteiger partial charge is 0.231 e. The van der Waals surface area contributed by atoms with Gasteiger partial charge < -0.3 is 15.0 Å². The van der Waals surface area contributed by atoms with E-state index in [0.717, 1.165) is 0 Å². The average molecular weight is 267 g/mol. The fourth-order valence-corrected chi connectivity index (χ4v) is 2.12. The zero-order valence-electron chi connectivity index (χ0n) is 10.5. The van der Waals surface area contributed by atoms with Crippen molar-refractivity contribution in [3.05, 3.63) is 34.1 Å². The van der Waals surface area contributed by atoms with E-state index in [9.17, 15) is 0 Å². The van der Waals surface area contributed by atoms with Gasteiger partial charge in [-0.25, -0.2) is 0 Å². The number of hydrogen-bond acceptors (Lipinski definition) is 6. The predicted molar refractivity (Wildman–Crippen MR) is 69.4 cm³/mol. The number of thiophene rings is 1. The summed E-state index contributed by atoms with van der Waals surface area (Å²) in [5, 5.41) is 5.91. The molecule has 6 heteroatoms. The molecule has 18 heavy (non-hydrogen) atoms. The Morgan fingerprint density at radius 1 is 1.50 bits per heavy atom. The lowest BCUT2D eigenvalue weighted by Gasteiger charge is -2.10. The number of nitrogens with zero attached hydrogens (tertiary/aromatic N) is 2. The summed E-state index contributed by atoms with van der Waals surface area (Å²) in [6.07, 6.45) is 0.802. The summed E-state index contributed by atoms with van der Waals surface area (Å²) < 4.78 is 10.6. The van der Waals surface area contributed by atoms with Gasteiger partial charge in [-0.3, -0.25) is 0 Å². The highest BCUT2D eigenvalue weighted by molar-refractivity contribution is 7.09. The first-order valence-corrected chi connectivity index (χ1v) is 6.75. The second-order valence-electron chi connectivity index (χ2n) is 4.29. The molecule has 5 nitrogen and oxygen atoms in total. The minimum absolute atomic E-state index is 0.147. The summed E-state index contributed by atoms with van der Waals surface area (Å²) >= 11 is 1.67. The van der Waals surface area contributed by atoms with E-state index >= 15 is 0 Å². The van der Waals surface area contributed by atoms with Crippen LogP contribution in [0.4, 0.5) is 0 Å². The van der Waals surface area contributed by atoms with E-state index in [1.54, 1.807) is 11.3 Å². The molecule has 0 bridgehead atoms. The average Bonchev–Trinajstić information content (AvgIpc) is 2.98. The maximum Gasteiger partial charge on any atom is 0.231 e. The Balaban J connectivity index is 1.93. The second-order valence-corrected chi connectivity index (χ2v) is 5.32. The van der Waals surface area contributed by atoms with Crippen LogP contribution in [0.5, 0.6) is 0 Å². The summed E-state index contributed by atoms with van der Waals surface area (Å²) in [6.45, 7) is 4.33. The van der Waals surface area contributed by atoms with Crippen molar-refractivity contribution in [1.29, 1.82) is 0 Å². The number of ether oxygens (including phenoxy) is 1. The van der Waals surface area contributed by atoms with Crippen LogP contribution in [0.15, 0.2) is 22.0 Å². The summed E-state index contributed by atoms with van der Waals surface area (Å²) in [6, 6.07) is 3.70. The Labute approximate surface area is 110 Å². The third kappa shape index (κ3) is 3.63. The molecule has 0 aliphatic rings. The Morgan fingerprint density at radius 2 is 2.33 bits per heavy atom. The van der Waals surface area contributed by atoms with Crippen molar-refractivity contribution >= 4 is 11.3 Å². The van der Waals surface area contributed by atoms with Crippen molar-refractivity contribution in [2.24, 2.45) is 5.73 Å². The fraction of sp³-hybridized carbons (Fsp3) is 0.500. The molecule has 2 rings (SSSR count). The first-order chi connectivity index (χ1) is 8.65. The number of nitrogens with two attached hydrogens (primary N) is 1. The van der Waals surface area contributed by atoms with Crippen LogP contribution >= 0.6 is 11.3 Å². The third-order valence-corrected chi connectivity index (χ3v) is 3.21. The predicted octanol–water partition coefficient (Wildman–Crippen LogP) is 2.15. The van der Waals surface area contributed by atoms with Gasteiger partial charge in [0.05, 0.1) is 25.2 Å². The molecule has 0 fully saturated rings. The van der Waals surface area contributed by atoms with E-state index in [1.165, 1.54) is 4.88 Å². The maximum atomic E-state index is 5.92. The largest absolute Gasteiger partial charge is 0.377 e. The fourth-order valence-electron chi connectivity index (χ4n) is 1.42. The number of aromatic nitrogens is 2.